The van der Waals surface area contributed by atoms with Gasteiger partial charge in [0.1, 0.15) is 4.90 Å². The van der Waals surface area contributed by atoms with Gasteiger partial charge in [-0.15, -0.1) is 0 Å². The summed E-state index contributed by atoms with van der Waals surface area (Å²) < 4.78 is 27.0. The third-order valence-electron chi connectivity index (χ3n) is 4.62. The van der Waals surface area contributed by atoms with Gasteiger partial charge in [-0.2, -0.15) is 0 Å². The van der Waals surface area contributed by atoms with Crippen molar-refractivity contribution >= 4 is 27.5 Å². The van der Waals surface area contributed by atoms with Crippen LogP contribution in [0.1, 0.15) is 36.4 Å². The van der Waals surface area contributed by atoms with E-state index in [-0.39, 0.29) is 34.8 Å². The molecule has 144 valence electrons. The number of carbonyl (C=O) groups is 1. The highest BCUT2D eigenvalue weighted by atomic mass is 35.5. The zero-order valence-electron chi connectivity index (χ0n) is 15.1. The van der Waals surface area contributed by atoms with Gasteiger partial charge < -0.3 is 5.32 Å². The maximum absolute atomic E-state index is 12.3. The van der Waals surface area contributed by atoms with Crippen LogP contribution < -0.4 is 10.0 Å². The Morgan fingerprint density at radius 1 is 1.15 bits per heavy atom. The third-order valence-corrected chi connectivity index (χ3v) is 6.58. The molecule has 1 fully saturated rings. The average molecular weight is 407 g/mol. The van der Waals surface area contributed by atoms with Gasteiger partial charge in [0.2, 0.25) is 15.9 Å². The second-order valence-electron chi connectivity index (χ2n) is 6.87. The second-order valence-corrected chi connectivity index (χ2v) is 9.01. The molecule has 1 saturated carbocycles. The minimum Gasteiger partial charge on any atom is -0.349 e. The van der Waals surface area contributed by atoms with Crippen LogP contribution in [0.25, 0.3) is 0 Å². The molecule has 2 aromatic rings. The molecule has 1 aliphatic rings. The summed E-state index contributed by atoms with van der Waals surface area (Å²) in [6.07, 6.45) is 2.26. The molecule has 3 rings (SSSR count). The molecule has 5 nitrogen and oxygen atoms in total. The third kappa shape index (κ3) is 5.31. The second kappa shape index (κ2) is 8.42. The Labute approximate surface area is 165 Å². The predicted molar refractivity (Wildman–Crippen MR) is 106 cm³/mol. The Bertz CT molecular complexity index is 909. The Morgan fingerprint density at radius 3 is 2.44 bits per heavy atom. The molecule has 0 spiro atoms. The van der Waals surface area contributed by atoms with Gasteiger partial charge in [0, 0.05) is 13.0 Å². The minimum atomic E-state index is -3.74. The molecule has 1 aliphatic carbocycles. The first-order valence-electron chi connectivity index (χ1n) is 8.97. The maximum atomic E-state index is 12.3. The summed E-state index contributed by atoms with van der Waals surface area (Å²) in [7, 11) is -3.74. The van der Waals surface area contributed by atoms with Crippen LogP contribution in [0.5, 0.6) is 0 Å². The summed E-state index contributed by atoms with van der Waals surface area (Å²) >= 11 is 5.94. The fraction of sp³-hybridized carbons (Fsp3) is 0.350. The molecule has 27 heavy (non-hydrogen) atoms. The van der Waals surface area contributed by atoms with Crippen LogP contribution in [0.15, 0.2) is 53.4 Å². The lowest BCUT2D eigenvalue weighted by molar-refractivity contribution is -0.121. The number of sulfonamides is 1. The van der Waals surface area contributed by atoms with Crippen molar-refractivity contribution in [1.82, 2.24) is 10.0 Å². The van der Waals surface area contributed by atoms with Crippen molar-refractivity contribution in [2.45, 2.75) is 37.1 Å². The zero-order valence-corrected chi connectivity index (χ0v) is 16.7. The summed E-state index contributed by atoms with van der Waals surface area (Å²) in [6.45, 7) is 2.05. The van der Waals surface area contributed by atoms with E-state index in [1.165, 1.54) is 17.7 Å². The Balaban J connectivity index is 1.56. The molecule has 1 unspecified atom stereocenters. The van der Waals surface area contributed by atoms with E-state index in [0.717, 1.165) is 18.4 Å². The van der Waals surface area contributed by atoms with Crippen LogP contribution in [0.2, 0.25) is 5.02 Å². The van der Waals surface area contributed by atoms with Crippen molar-refractivity contribution in [1.29, 1.82) is 0 Å². The lowest BCUT2D eigenvalue weighted by Crippen LogP contribution is -2.33. The largest absolute Gasteiger partial charge is 0.349 e. The first-order chi connectivity index (χ1) is 12.9. The lowest BCUT2D eigenvalue weighted by atomic mass is 10.0. The number of nitrogens with one attached hydrogen (secondary N) is 2. The average Bonchev–Trinajstić information content (AvgIpc) is 3.45. The lowest BCUT2D eigenvalue weighted by Gasteiger charge is -2.19. The predicted octanol–water partition coefficient (Wildman–Crippen LogP) is 3.58. The fourth-order valence-corrected chi connectivity index (χ4v) is 4.51. The van der Waals surface area contributed by atoms with E-state index >= 15 is 0 Å². The minimum absolute atomic E-state index is 0.0155. The van der Waals surface area contributed by atoms with Crippen LogP contribution >= 0.6 is 11.6 Å². The number of amides is 1. The number of aryl methyl sites for hydroxylation is 1. The molecule has 0 aliphatic heterocycles. The van der Waals surface area contributed by atoms with Gasteiger partial charge in [-0.1, -0.05) is 53.6 Å². The van der Waals surface area contributed by atoms with Crippen molar-refractivity contribution < 1.29 is 13.2 Å². The van der Waals surface area contributed by atoms with E-state index in [9.17, 15) is 13.2 Å². The Kier molecular flexibility index (Phi) is 6.19. The monoisotopic (exact) mass is 406 g/mol. The summed E-state index contributed by atoms with van der Waals surface area (Å²) in [5, 5.41) is 3.21. The molecule has 1 amide bonds. The molecule has 2 aromatic carbocycles. The van der Waals surface area contributed by atoms with Crippen molar-refractivity contribution in [2.75, 3.05) is 6.54 Å². The molecule has 2 N–H and O–H groups in total. The van der Waals surface area contributed by atoms with Crippen molar-refractivity contribution in [2.24, 2.45) is 5.92 Å². The van der Waals surface area contributed by atoms with E-state index < -0.39 is 10.0 Å². The molecule has 0 heterocycles. The highest BCUT2D eigenvalue weighted by Gasteiger charge is 2.33. The molecule has 0 aromatic heterocycles. The quantitative estimate of drug-likeness (QED) is 0.703. The summed E-state index contributed by atoms with van der Waals surface area (Å²) in [4.78, 5) is 12.4. The van der Waals surface area contributed by atoms with E-state index in [4.69, 9.17) is 11.6 Å². The molecule has 1 atom stereocenters. The highest BCUT2D eigenvalue weighted by Crippen LogP contribution is 2.41. The van der Waals surface area contributed by atoms with Gasteiger partial charge in [0.05, 0.1) is 11.1 Å². The van der Waals surface area contributed by atoms with Gasteiger partial charge in [-0.25, -0.2) is 13.1 Å². The van der Waals surface area contributed by atoms with Gasteiger partial charge in [-0.05, 0) is 43.4 Å². The topological polar surface area (TPSA) is 75.3 Å². The first kappa shape index (κ1) is 19.9. The van der Waals surface area contributed by atoms with Crippen LogP contribution in [-0.2, 0) is 14.8 Å². The smallest absolute Gasteiger partial charge is 0.242 e. The van der Waals surface area contributed by atoms with Crippen molar-refractivity contribution in [3.63, 3.8) is 0 Å². The van der Waals surface area contributed by atoms with Gasteiger partial charge in [-0.3, -0.25) is 4.79 Å². The SMILES string of the molecule is Cc1ccc(C(NC(=O)CCNS(=O)(=O)c2ccccc2Cl)C2CC2)cc1. The van der Waals surface area contributed by atoms with Gasteiger partial charge >= 0.3 is 0 Å². The zero-order chi connectivity index (χ0) is 19.4. The molecule has 0 radical (unpaired) electrons. The molecule has 0 bridgehead atoms. The Morgan fingerprint density at radius 2 is 1.81 bits per heavy atom. The van der Waals surface area contributed by atoms with E-state index in [2.05, 4.69) is 10.0 Å². The van der Waals surface area contributed by atoms with E-state index in [1.54, 1.807) is 12.1 Å². The van der Waals surface area contributed by atoms with E-state index in [1.807, 2.05) is 31.2 Å². The van der Waals surface area contributed by atoms with E-state index in [0.29, 0.717) is 5.92 Å². The number of hydrogen-bond acceptors (Lipinski definition) is 3. The highest BCUT2D eigenvalue weighted by molar-refractivity contribution is 7.89. The summed E-state index contributed by atoms with van der Waals surface area (Å²) in [5.41, 5.74) is 2.27. The molecular weight excluding hydrogens is 384 g/mol. The van der Waals surface area contributed by atoms with Crippen molar-refractivity contribution in [3.05, 3.63) is 64.7 Å². The number of carbonyl (C=O) groups excluding carboxylic acids is 1. The fourth-order valence-electron chi connectivity index (χ4n) is 2.96. The van der Waals surface area contributed by atoms with Crippen LogP contribution in [-0.4, -0.2) is 20.9 Å². The number of benzene rings is 2. The molecular formula is C20H23ClN2O3S. The van der Waals surface area contributed by atoms with Gasteiger partial charge in [0.15, 0.2) is 0 Å². The summed E-state index contributed by atoms with van der Waals surface area (Å²) in [6, 6.07) is 14.4. The van der Waals surface area contributed by atoms with Gasteiger partial charge in [0.25, 0.3) is 0 Å². The molecule has 7 heteroatoms. The standard InChI is InChI=1S/C20H23ClN2O3S/c1-14-6-8-15(9-7-14)20(16-10-11-16)23-19(24)12-13-22-27(25,26)18-5-3-2-4-17(18)21/h2-9,16,20,22H,10-13H2,1H3,(H,23,24). The first-order valence-corrected chi connectivity index (χ1v) is 10.8. The molecule has 0 saturated heterocycles. The normalized spacial score (nSPS) is 15.3. The Hall–Kier alpha value is -1.89. The summed E-state index contributed by atoms with van der Waals surface area (Å²) in [5.74, 6) is 0.283. The van der Waals surface area contributed by atoms with Crippen LogP contribution in [0.4, 0.5) is 0 Å². The van der Waals surface area contributed by atoms with Crippen molar-refractivity contribution in [3.8, 4) is 0 Å². The maximum Gasteiger partial charge on any atom is 0.242 e. The number of rotatable bonds is 8. The number of halogens is 1. The van der Waals surface area contributed by atoms with Crippen LogP contribution in [0, 0.1) is 12.8 Å². The van der Waals surface area contributed by atoms with Crippen LogP contribution in [0.3, 0.4) is 0 Å². The number of hydrogen-bond donors (Lipinski definition) is 2.